The average molecular weight is 710 g/mol. The fraction of sp³-hybridized carbons (Fsp3) is 0.136. The maximum absolute atomic E-state index is 12.7. The second kappa shape index (κ2) is 12.7. The van der Waals surface area contributed by atoms with Crippen molar-refractivity contribution in [3.8, 4) is 11.5 Å². The van der Waals surface area contributed by atoms with Gasteiger partial charge in [-0.25, -0.2) is 12.6 Å². The Morgan fingerprint density at radius 2 is 1.59 bits per heavy atom. The van der Waals surface area contributed by atoms with Gasteiger partial charge in [0.2, 0.25) is 16.5 Å². The SMILES string of the molecule is COc1ccc(S(=O)(=O)CCOS(=O)(=O)O)cc1N=Nc1c(S(=O)(=O)O)cc2cc(Nc3nc(Cl)nc(Cl)n3)ccc2c1O. The highest BCUT2D eigenvalue weighted by Crippen LogP contribution is 2.43. The van der Waals surface area contributed by atoms with Crippen LogP contribution in [0, 0.1) is 0 Å². The maximum atomic E-state index is 12.7. The van der Waals surface area contributed by atoms with E-state index in [9.17, 15) is 34.9 Å². The largest absolute Gasteiger partial charge is 0.505 e. The van der Waals surface area contributed by atoms with E-state index < -0.39 is 59.0 Å². The summed E-state index contributed by atoms with van der Waals surface area (Å²) in [7, 11) is -12.9. The molecule has 234 valence electrons. The van der Waals surface area contributed by atoms with E-state index in [0.717, 1.165) is 18.2 Å². The Kier molecular flexibility index (Phi) is 9.56. The molecule has 0 saturated heterocycles. The average Bonchev–Trinajstić information content (AvgIpc) is 2.90. The monoisotopic (exact) mass is 708 g/mol. The van der Waals surface area contributed by atoms with Crippen LogP contribution in [-0.4, -0.2) is 73.9 Å². The van der Waals surface area contributed by atoms with Crippen molar-refractivity contribution in [2.45, 2.75) is 9.79 Å². The minimum atomic E-state index is -5.02. The molecule has 0 amide bonds. The molecule has 0 atom stereocenters. The number of phenols is 1. The van der Waals surface area contributed by atoms with Gasteiger partial charge < -0.3 is 15.2 Å². The number of nitrogens with one attached hydrogen (secondary N) is 1. The minimum absolute atomic E-state index is 0.0233. The van der Waals surface area contributed by atoms with E-state index in [0.29, 0.717) is 5.69 Å². The zero-order valence-corrected chi connectivity index (χ0v) is 25.7. The molecular formula is C22H18Cl2N6O11S3. The molecule has 0 bridgehead atoms. The Bertz CT molecular complexity index is 2110. The van der Waals surface area contributed by atoms with Crippen LogP contribution in [0.3, 0.4) is 0 Å². The van der Waals surface area contributed by atoms with E-state index in [1.165, 1.54) is 31.4 Å². The molecule has 4 aromatic rings. The van der Waals surface area contributed by atoms with Crippen LogP contribution in [-0.2, 0) is 34.5 Å². The topological polar surface area (TPSA) is 257 Å². The van der Waals surface area contributed by atoms with Gasteiger partial charge in [0.25, 0.3) is 10.1 Å². The number of halogens is 2. The first-order chi connectivity index (χ1) is 20.5. The van der Waals surface area contributed by atoms with E-state index in [1.807, 2.05) is 0 Å². The Hall–Kier alpha value is -3.76. The van der Waals surface area contributed by atoms with Crippen LogP contribution >= 0.6 is 23.2 Å². The van der Waals surface area contributed by atoms with Gasteiger partial charge in [-0.3, -0.25) is 9.11 Å². The number of methoxy groups -OCH3 is 1. The second-order valence-corrected chi connectivity index (χ2v) is 13.7. The lowest BCUT2D eigenvalue weighted by molar-refractivity contribution is 0.284. The quantitative estimate of drug-likeness (QED) is 0.127. The minimum Gasteiger partial charge on any atom is -0.505 e. The number of aromatic nitrogens is 3. The number of aromatic hydroxyl groups is 1. The zero-order valence-electron chi connectivity index (χ0n) is 21.8. The van der Waals surface area contributed by atoms with Crippen molar-refractivity contribution in [1.82, 2.24) is 15.0 Å². The van der Waals surface area contributed by atoms with Crippen LogP contribution in [0.1, 0.15) is 0 Å². The molecule has 22 heteroatoms. The number of azo groups is 1. The number of anilines is 2. The van der Waals surface area contributed by atoms with Gasteiger partial charge in [-0.05, 0) is 71.1 Å². The molecule has 4 N–H and O–H groups in total. The van der Waals surface area contributed by atoms with Crippen LogP contribution in [0.5, 0.6) is 11.5 Å². The maximum Gasteiger partial charge on any atom is 0.397 e. The molecule has 3 aromatic carbocycles. The molecule has 1 heterocycles. The number of nitrogens with zero attached hydrogens (tertiary/aromatic N) is 5. The summed E-state index contributed by atoms with van der Waals surface area (Å²) in [6.07, 6.45) is 0. The lowest BCUT2D eigenvalue weighted by Gasteiger charge is -2.11. The van der Waals surface area contributed by atoms with Crippen molar-refractivity contribution in [2.75, 3.05) is 24.8 Å². The van der Waals surface area contributed by atoms with Crippen molar-refractivity contribution in [3.05, 3.63) is 53.0 Å². The fourth-order valence-corrected chi connectivity index (χ4v) is 6.17. The van der Waals surface area contributed by atoms with E-state index >= 15 is 0 Å². The van der Waals surface area contributed by atoms with E-state index in [4.69, 9.17) is 32.5 Å². The van der Waals surface area contributed by atoms with Crippen molar-refractivity contribution in [3.63, 3.8) is 0 Å². The predicted octanol–water partition coefficient (Wildman–Crippen LogP) is 4.04. The third-order valence-corrected chi connectivity index (χ3v) is 8.86. The summed E-state index contributed by atoms with van der Waals surface area (Å²) < 4.78 is 99.1. The zero-order chi connectivity index (χ0) is 32.4. The summed E-state index contributed by atoms with van der Waals surface area (Å²) in [4.78, 5) is 10.1. The molecule has 17 nitrogen and oxygen atoms in total. The van der Waals surface area contributed by atoms with E-state index in [2.05, 4.69) is 34.7 Å². The van der Waals surface area contributed by atoms with Gasteiger partial charge in [0, 0.05) is 11.1 Å². The number of benzene rings is 3. The number of phenolic OH excluding ortho intramolecular Hbond substituents is 1. The number of sulfone groups is 1. The van der Waals surface area contributed by atoms with Gasteiger partial charge in [-0.15, -0.1) is 10.2 Å². The first-order valence-corrected chi connectivity index (χ1v) is 16.7. The summed E-state index contributed by atoms with van der Waals surface area (Å²) in [5.41, 5.74) is -0.636. The molecule has 0 radical (unpaired) electrons. The molecule has 0 spiro atoms. The molecule has 0 unspecified atom stereocenters. The fourth-order valence-electron chi connectivity index (χ4n) is 3.65. The second-order valence-electron chi connectivity index (χ2n) is 8.41. The van der Waals surface area contributed by atoms with Gasteiger partial charge in [-0.1, -0.05) is 0 Å². The van der Waals surface area contributed by atoms with Crippen LogP contribution in [0.2, 0.25) is 10.6 Å². The molecule has 44 heavy (non-hydrogen) atoms. The van der Waals surface area contributed by atoms with Gasteiger partial charge in [-0.2, -0.15) is 31.8 Å². The Labute approximate surface area is 259 Å². The number of fused-ring (bicyclic) bond motifs is 1. The number of rotatable bonds is 11. The molecule has 4 rings (SSSR count). The molecule has 0 aliphatic heterocycles. The summed E-state index contributed by atoms with van der Waals surface area (Å²) in [6.45, 7) is -0.888. The van der Waals surface area contributed by atoms with Crippen LogP contribution in [0.25, 0.3) is 10.8 Å². The summed E-state index contributed by atoms with van der Waals surface area (Å²) in [5, 5.41) is 21.2. The molecule has 0 saturated carbocycles. The van der Waals surface area contributed by atoms with E-state index in [1.54, 1.807) is 0 Å². The standard InChI is InChI=1S/C22H18Cl2N6O11S3/c1-40-16-5-3-13(42(32,33)7-6-41-44(37,38)39)10-15(16)29-30-18-17(43(34,35)36)9-11-8-12(2-4-14(11)19(18)31)25-22-27-20(23)26-21(24)28-22/h2-5,8-10,31H,6-7H2,1H3,(H,34,35,36)(H,37,38,39)(H,25,26,27,28). The van der Waals surface area contributed by atoms with Crippen LogP contribution < -0.4 is 10.1 Å². The first kappa shape index (κ1) is 33.1. The summed E-state index contributed by atoms with van der Waals surface area (Å²) in [5.74, 6) is -1.62. The van der Waals surface area contributed by atoms with Crippen molar-refractivity contribution >= 4 is 87.3 Å². The summed E-state index contributed by atoms with van der Waals surface area (Å²) >= 11 is 11.5. The number of ether oxygens (including phenoxy) is 1. The Balaban J connectivity index is 1.75. The summed E-state index contributed by atoms with van der Waals surface area (Å²) in [6, 6.07) is 8.52. The van der Waals surface area contributed by atoms with Gasteiger partial charge >= 0.3 is 10.4 Å². The lowest BCUT2D eigenvalue weighted by Crippen LogP contribution is -2.15. The van der Waals surface area contributed by atoms with Gasteiger partial charge in [0.05, 0.1) is 24.4 Å². The van der Waals surface area contributed by atoms with Crippen molar-refractivity contribution < 1.29 is 48.4 Å². The molecule has 0 aliphatic carbocycles. The third-order valence-electron chi connectivity index (χ3n) is 5.52. The normalized spacial score (nSPS) is 12.6. The Morgan fingerprint density at radius 1 is 0.909 bits per heavy atom. The smallest absolute Gasteiger partial charge is 0.397 e. The van der Waals surface area contributed by atoms with Gasteiger partial charge in [0.15, 0.2) is 15.6 Å². The first-order valence-electron chi connectivity index (χ1n) is 11.5. The Morgan fingerprint density at radius 3 is 2.20 bits per heavy atom. The van der Waals surface area contributed by atoms with Crippen LogP contribution in [0.4, 0.5) is 23.0 Å². The van der Waals surface area contributed by atoms with E-state index in [-0.39, 0.29) is 43.6 Å². The number of hydrogen-bond acceptors (Lipinski definition) is 15. The van der Waals surface area contributed by atoms with Crippen molar-refractivity contribution in [2.24, 2.45) is 10.2 Å². The highest BCUT2D eigenvalue weighted by molar-refractivity contribution is 7.91. The third kappa shape index (κ3) is 8.04. The van der Waals surface area contributed by atoms with Crippen molar-refractivity contribution in [1.29, 1.82) is 0 Å². The van der Waals surface area contributed by atoms with Gasteiger partial charge in [0.1, 0.15) is 22.0 Å². The lowest BCUT2D eigenvalue weighted by atomic mass is 10.1. The molecule has 0 aliphatic rings. The number of hydrogen-bond donors (Lipinski definition) is 4. The molecule has 0 fully saturated rings. The molecule has 1 aromatic heterocycles. The highest BCUT2D eigenvalue weighted by atomic mass is 35.5. The highest BCUT2D eigenvalue weighted by Gasteiger charge is 2.23. The molecular weight excluding hydrogens is 691 g/mol. The van der Waals surface area contributed by atoms with Crippen LogP contribution in [0.15, 0.2) is 62.5 Å². The predicted molar refractivity (Wildman–Crippen MR) is 155 cm³/mol.